The molecule has 0 bridgehead atoms. The van der Waals surface area contributed by atoms with Gasteiger partial charge >= 0.3 is 0 Å². The lowest BCUT2D eigenvalue weighted by atomic mass is 10.1. The molecule has 0 fully saturated rings. The zero-order chi connectivity index (χ0) is 16.9. The van der Waals surface area contributed by atoms with E-state index in [0.29, 0.717) is 6.54 Å². The molecule has 0 spiro atoms. The Labute approximate surface area is 136 Å². The van der Waals surface area contributed by atoms with Crippen LogP contribution in [-0.4, -0.2) is 20.6 Å². The number of carbonyl (C=O) groups is 1. The molecule has 0 aliphatic heterocycles. The van der Waals surface area contributed by atoms with Crippen LogP contribution in [0.4, 0.5) is 0 Å². The fraction of sp³-hybridized carbons (Fsp3) is 0.235. The summed E-state index contributed by atoms with van der Waals surface area (Å²) in [7, 11) is -3.04. The largest absolute Gasteiger partial charge is 0.368 e. The van der Waals surface area contributed by atoms with Gasteiger partial charge in [0, 0.05) is 12.8 Å². The van der Waals surface area contributed by atoms with Crippen LogP contribution in [0.25, 0.3) is 0 Å². The van der Waals surface area contributed by atoms with Crippen molar-refractivity contribution in [2.24, 2.45) is 5.73 Å². The molecule has 3 N–H and O–H groups in total. The molecule has 0 aliphatic carbocycles. The van der Waals surface area contributed by atoms with Gasteiger partial charge in [-0.1, -0.05) is 54.6 Å². The Morgan fingerprint density at radius 2 is 1.61 bits per heavy atom. The van der Waals surface area contributed by atoms with Crippen molar-refractivity contribution < 1.29 is 13.2 Å². The molecule has 2 rings (SSSR count). The van der Waals surface area contributed by atoms with Gasteiger partial charge in [-0.05, 0) is 16.7 Å². The summed E-state index contributed by atoms with van der Waals surface area (Å²) in [4.78, 5) is 11.6. The molecular weight excluding hydrogens is 312 g/mol. The molecule has 2 aromatic carbocycles. The zero-order valence-electron chi connectivity index (χ0n) is 12.9. The molecule has 0 heterocycles. The van der Waals surface area contributed by atoms with Crippen LogP contribution in [0, 0.1) is 0 Å². The normalized spacial score (nSPS) is 12.7. The Bertz CT molecular complexity index is 756. The molecule has 0 saturated heterocycles. The second-order valence-electron chi connectivity index (χ2n) is 5.51. The van der Waals surface area contributed by atoms with Gasteiger partial charge in [-0.2, -0.15) is 0 Å². The van der Waals surface area contributed by atoms with Crippen LogP contribution in [-0.2, 0) is 26.9 Å². The Hall–Kier alpha value is -2.18. The minimum Gasteiger partial charge on any atom is -0.368 e. The molecule has 23 heavy (non-hydrogen) atoms. The van der Waals surface area contributed by atoms with Crippen LogP contribution in [0.5, 0.6) is 0 Å². The Morgan fingerprint density at radius 3 is 2.13 bits per heavy atom. The van der Waals surface area contributed by atoms with Crippen LogP contribution in [0.2, 0.25) is 0 Å². The van der Waals surface area contributed by atoms with E-state index in [-0.39, 0.29) is 5.75 Å². The number of benzene rings is 2. The molecule has 122 valence electrons. The maximum atomic E-state index is 11.6. The highest BCUT2D eigenvalue weighted by atomic mass is 32.2. The summed E-state index contributed by atoms with van der Waals surface area (Å²) in [6, 6.07) is 16.0. The number of hydrogen-bond acceptors (Lipinski definition) is 4. The second kappa shape index (κ2) is 7.39. The van der Waals surface area contributed by atoms with Crippen molar-refractivity contribution in [1.29, 1.82) is 0 Å². The van der Waals surface area contributed by atoms with Crippen molar-refractivity contribution in [2.75, 3.05) is 6.26 Å². The predicted octanol–water partition coefficient (Wildman–Crippen LogP) is 1.55. The van der Waals surface area contributed by atoms with Crippen LogP contribution < -0.4 is 11.1 Å². The van der Waals surface area contributed by atoms with E-state index in [1.165, 1.54) is 6.26 Å². The van der Waals surface area contributed by atoms with E-state index in [4.69, 9.17) is 5.73 Å². The maximum absolute atomic E-state index is 11.6. The molecule has 0 aliphatic rings. The average Bonchev–Trinajstić information content (AvgIpc) is 2.48. The smallest absolute Gasteiger partial charge is 0.239 e. The number of nitrogens with two attached hydrogens (primary N) is 1. The third-order valence-electron chi connectivity index (χ3n) is 3.38. The van der Waals surface area contributed by atoms with Crippen LogP contribution >= 0.6 is 0 Å². The molecule has 2 aromatic rings. The molecule has 0 aromatic heterocycles. The summed E-state index contributed by atoms with van der Waals surface area (Å²) in [5.74, 6) is -0.417. The number of carbonyl (C=O) groups excluding carboxylic acids is 1. The standard InChI is InChI=1S/C17H20N2O3S/c1-23(21,22)12-14-9-7-13(8-10-14)11-19-16(17(18)20)15-5-3-2-4-6-15/h2-10,16,19H,11-12H2,1H3,(H2,18,20)/t16-/m0/s1. The molecular formula is C17H20N2O3S. The van der Waals surface area contributed by atoms with E-state index in [1.807, 2.05) is 42.5 Å². The van der Waals surface area contributed by atoms with Crippen molar-refractivity contribution in [3.8, 4) is 0 Å². The van der Waals surface area contributed by atoms with Gasteiger partial charge in [0.25, 0.3) is 0 Å². The second-order valence-corrected chi connectivity index (χ2v) is 7.65. The van der Waals surface area contributed by atoms with Gasteiger partial charge in [-0.25, -0.2) is 8.42 Å². The minimum atomic E-state index is -3.04. The van der Waals surface area contributed by atoms with Gasteiger partial charge in [-0.3, -0.25) is 10.1 Å². The predicted molar refractivity (Wildman–Crippen MR) is 90.2 cm³/mol. The van der Waals surface area contributed by atoms with Crippen molar-refractivity contribution in [3.05, 3.63) is 71.3 Å². The van der Waals surface area contributed by atoms with Gasteiger partial charge in [0.1, 0.15) is 6.04 Å². The lowest BCUT2D eigenvalue weighted by Gasteiger charge is -2.16. The van der Waals surface area contributed by atoms with E-state index in [1.54, 1.807) is 12.1 Å². The van der Waals surface area contributed by atoms with Crippen molar-refractivity contribution in [2.45, 2.75) is 18.3 Å². The van der Waals surface area contributed by atoms with E-state index in [2.05, 4.69) is 5.32 Å². The lowest BCUT2D eigenvalue weighted by Crippen LogP contribution is -2.33. The summed E-state index contributed by atoms with van der Waals surface area (Å²) in [6.45, 7) is 0.460. The van der Waals surface area contributed by atoms with Gasteiger partial charge in [-0.15, -0.1) is 0 Å². The number of nitrogens with one attached hydrogen (secondary N) is 1. The number of rotatable bonds is 7. The van der Waals surface area contributed by atoms with Crippen molar-refractivity contribution in [3.63, 3.8) is 0 Å². The first-order valence-corrected chi connectivity index (χ1v) is 9.24. The molecule has 0 radical (unpaired) electrons. The Morgan fingerprint density at radius 1 is 1.04 bits per heavy atom. The van der Waals surface area contributed by atoms with Crippen molar-refractivity contribution in [1.82, 2.24) is 5.32 Å². The van der Waals surface area contributed by atoms with Gasteiger partial charge in [0.15, 0.2) is 9.84 Å². The van der Waals surface area contributed by atoms with Crippen LogP contribution in [0.3, 0.4) is 0 Å². The van der Waals surface area contributed by atoms with E-state index in [0.717, 1.165) is 16.7 Å². The number of primary amides is 1. The number of amides is 1. The first-order valence-electron chi connectivity index (χ1n) is 7.18. The third kappa shape index (κ3) is 5.50. The highest BCUT2D eigenvalue weighted by Gasteiger charge is 2.16. The fourth-order valence-corrected chi connectivity index (χ4v) is 3.10. The van der Waals surface area contributed by atoms with Crippen molar-refractivity contribution >= 4 is 15.7 Å². The molecule has 6 heteroatoms. The number of hydrogen-bond donors (Lipinski definition) is 2. The summed E-state index contributed by atoms with van der Waals surface area (Å²) in [5, 5.41) is 3.13. The summed E-state index contributed by atoms with van der Waals surface area (Å²) in [5.41, 5.74) is 7.96. The Balaban J connectivity index is 2.03. The zero-order valence-corrected chi connectivity index (χ0v) is 13.7. The van der Waals surface area contributed by atoms with Gasteiger partial charge in [0.05, 0.1) is 5.75 Å². The minimum absolute atomic E-state index is 0.0225. The van der Waals surface area contributed by atoms with Crippen LogP contribution in [0.15, 0.2) is 54.6 Å². The highest BCUT2D eigenvalue weighted by molar-refractivity contribution is 7.89. The topological polar surface area (TPSA) is 89.3 Å². The first kappa shape index (κ1) is 17.2. The van der Waals surface area contributed by atoms with E-state index >= 15 is 0 Å². The maximum Gasteiger partial charge on any atom is 0.239 e. The fourth-order valence-electron chi connectivity index (χ4n) is 2.30. The highest BCUT2D eigenvalue weighted by Crippen LogP contribution is 2.14. The van der Waals surface area contributed by atoms with E-state index in [9.17, 15) is 13.2 Å². The van der Waals surface area contributed by atoms with Gasteiger partial charge < -0.3 is 5.73 Å². The molecule has 0 unspecified atom stereocenters. The number of sulfone groups is 1. The first-order chi connectivity index (χ1) is 10.8. The molecule has 1 atom stereocenters. The lowest BCUT2D eigenvalue weighted by molar-refractivity contribution is -0.120. The van der Waals surface area contributed by atoms with E-state index < -0.39 is 21.8 Å². The molecule has 1 amide bonds. The SMILES string of the molecule is CS(=O)(=O)Cc1ccc(CN[C@H](C(N)=O)c2ccccc2)cc1. The summed E-state index contributed by atoms with van der Waals surface area (Å²) >= 11 is 0. The third-order valence-corrected chi connectivity index (χ3v) is 4.24. The van der Waals surface area contributed by atoms with Gasteiger partial charge in [0.2, 0.25) is 5.91 Å². The molecule has 0 saturated carbocycles. The Kier molecular flexibility index (Phi) is 5.52. The quantitative estimate of drug-likeness (QED) is 0.805. The van der Waals surface area contributed by atoms with Crippen LogP contribution in [0.1, 0.15) is 22.7 Å². The monoisotopic (exact) mass is 332 g/mol. The summed E-state index contributed by atoms with van der Waals surface area (Å²) < 4.78 is 22.5. The molecule has 5 nitrogen and oxygen atoms in total. The average molecular weight is 332 g/mol. The summed E-state index contributed by atoms with van der Waals surface area (Å²) in [6.07, 6.45) is 1.21.